The van der Waals surface area contributed by atoms with E-state index in [4.69, 9.17) is 0 Å². The van der Waals surface area contributed by atoms with Crippen molar-refractivity contribution in [2.45, 2.75) is 0 Å². The lowest BCUT2D eigenvalue weighted by Crippen LogP contribution is -2.13. The van der Waals surface area contributed by atoms with Crippen molar-refractivity contribution in [2.75, 3.05) is 5.32 Å². The molecule has 112 valence electrons. The predicted octanol–water partition coefficient (Wildman–Crippen LogP) is 3.96. The number of phenolic OH excluding ortho intramolecular Hbond substituents is 1. The van der Waals surface area contributed by atoms with E-state index in [-0.39, 0.29) is 11.1 Å². The molecule has 0 radical (unpaired) electrons. The molecule has 0 spiro atoms. The standard InChI is InChI=1S/C15H11BrN2O4/c1-2-9-7-8-10(14(19)13(9)18(21)22)15(20)17-12-6-4-3-5-11(12)16/h2-8,19H,1H2,(H,17,20). The molecular weight excluding hydrogens is 352 g/mol. The van der Waals surface area contributed by atoms with Crippen LogP contribution in [0.4, 0.5) is 11.4 Å². The Morgan fingerprint density at radius 1 is 1.32 bits per heavy atom. The van der Waals surface area contributed by atoms with Gasteiger partial charge in [0.15, 0.2) is 0 Å². The highest BCUT2D eigenvalue weighted by molar-refractivity contribution is 9.10. The number of nitrogens with one attached hydrogen (secondary N) is 1. The molecule has 0 aliphatic heterocycles. The second kappa shape index (κ2) is 6.40. The van der Waals surface area contributed by atoms with E-state index in [0.29, 0.717) is 10.2 Å². The number of amides is 1. The van der Waals surface area contributed by atoms with Crippen LogP contribution in [0.5, 0.6) is 5.75 Å². The van der Waals surface area contributed by atoms with E-state index < -0.39 is 22.3 Å². The average Bonchev–Trinajstić information content (AvgIpc) is 2.48. The van der Waals surface area contributed by atoms with Crippen molar-refractivity contribution in [3.8, 4) is 5.75 Å². The number of rotatable bonds is 4. The molecule has 1 amide bonds. The smallest absolute Gasteiger partial charge is 0.318 e. The van der Waals surface area contributed by atoms with E-state index in [1.54, 1.807) is 24.3 Å². The molecule has 2 N–H and O–H groups in total. The zero-order chi connectivity index (χ0) is 16.3. The quantitative estimate of drug-likeness (QED) is 0.635. The molecule has 2 aromatic carbocycles. The first-order valence-electron chi connectivity index (χ1n) is 6.14. The van der Waals surface area contributed by atoms with Crippen LogP contribution < -0.4 is 5.32 Å². The Hall–Kier alpha value is -2.67. The highest BCUT2D eigenvalue weighted by Gasteiger charge is 2.24. The molecule has 0 aromatic heterocycles. The van der Waals surface area contributed by atoms with Gasteiger partial charge in [-0.15, -0.1) is 0 Å². The van der Waals surface area contributed by atoms with E-state index in [0.717, 1.165) is 0 Å². The van der Waals surface area contributed by atoms with E-state index in [9.17, 15) is 20.0 Å². The molecule has 0 aliphatic carbocycles. The molecule has 2 rings (SSSR count). The molecule has 0 atom stereocenters. The van der Waals surface area contributed by atoms with E-state index in [1.165, 1.54) is 18.2 Å². The summed E-state index contributed by atoms with van der Waals surface area (Å²) in [6.07, 6.45) is 1.24. The fourth-order valence-electron chi connectivity index (χ4n) is 1.89. The molecule has 0 saturated heterocycles. The number of phenols is 1. The lowest BCUT2D eigenvalue weighted by Gasteiger charge is -2.09. The van der Waals surface area contributed by atoms with Crippen LogP contribution in [-0.4, -0.2) is 15.9 Å². The van der Waals surface area contributed by atoms with Crippen LogP contribution >= 0.6 is 15.9 Å². The molecule has 0 bridgehead atoms. The summed E-state index contributed by atoms with van der Waals surface area (Å²) in [6.45, 7) is 3.45. The van der Waals surface area contributed by atoms with Crippen LogP contribution in [0.2, 0.25) is 0 Å². The van der Waals surface area contributed by atoms with Crippen molar-refractivity contribution in [3.63, 3.8) is 0 Å². The first-order valence-corrected chi connectivity index (χ1v) is 6.93. The number of halogens is 1. The minimum Gasteiger partial charge on any atom is -0.502 e. The maximum atomic E-state index is 12.2. The summed E-state index contributed by atoms with van der Waals surface area (Å²) in [5, 5.41) is 23.7. The first-order chi connectivity index (χ1) is 10.5. The van der Waals surface area contributed by atoms with Gasteiger partial charge in [-0.1, -0.05) is 24.8 Å². The molecule has 0 aliphatic rings. The van der Waals surface area contributed by atoms with E-state index in [2.05, 4.69) is 27.8 Å². The first kappa shape index (κ1) is 15.7. The molecule has 7 heteroatoms. The average molecular weight is 363 g/mol. The fraction of sp³-hybridized carbons (Fsp3) is 0. The number of nitro groups is 1. The van der Waals surface area contributed by atoms with Gasteiger partial charge in [-0.2, -0.15) is 0 Å². The second-order valence-corrected chi connectivity index (χ2v) is 5.15. The van der Waals surface area contributed by atoms with Gasteiger partial charge in [-0.25, -0.2) is 0 Å². The molecule has 0 unspecified atom stereocenters. The molecule has 6 nitrogen and oxygen atoms in total. The van der Waals surface area contributed by atoms with Crippen molar-refractivity contribution in [1.29, 1.82) is 0 Å². The topological polar surface area (TPSA) is 92.5 Å². The Kier molecular flexibility index (Phi) is 4.57. The van der Waals surface area contributed by atoms with Gasteiger partial charge in [0.2, 0.25) is 5.75 Å². The number of nitrogens with zero attached hydrogens (tertiary/aromatic N) is 1. The SMILES string of the molecule is C=Cc1ccc(C(=O)Nc2ccccc2Br)c(O)c1[N+](=O)[O-]. The van der Waals surface area contributed by atoms with Gasteiger partial charge in [-0.3, -0.25) is 14.9 Å². The monoisotopic (exact) mass is 362 g/mol. The summed E-state index contributed by atoms with van der Waals surface area (Å²) >= 11 is 3.28. The maximum absolute atomic E-state index is 12.2. The number of hydrogen-bond donors (Lipinski definition) is 2. The number of para-hydroxylation sites is 1. The van der Waals surface area contributed by atoms with Crippen LogP contribution in [0, 0.1) is 10.1 Å². The van der Waals surface area contributed by atoms with Crippen molar-refractivity contribution in [3.05, 3.63) is 68.7 Å². The van der Waals surface area contributed by atoms with Gasteiger partial charge in [0.1, 0.15) is 0 Å². The summed E-state index contributed by atoms with van der Waals surface area (Å²) in [4.78, 5) is 22.5. The van der Waals surface area contributed by atoms with Gasteiger partial charge >= 0.3 is 5.69 Å². The van der Waals surface area contributed by atoms with Crippen molar-refractivity contribution in [2.24, 2.45) is 0 Å². The van der Waals surface area contributed by atoms with Gasteiger partial charge in [0.05, 0.1) is 21.7 Å². The van der Waals surface area contributed by atoms with Gasteiger partial charge in [-0.05, 0) is 40.2 Å². The summed E-state index contributed by atoms with van der Waals surface area (Å²) in [7, 11) is 0. The zero-order valence-electron chi connectivity index (χ0n) is 11.2. The third-order valence-corrected chi connectivity index (χ3v) is 3.64. The highest BCUT2D eigenvalue weighted by Crippen LogP contribution is 2.34. The molecule has 22 heavy (non-hydrogen) atoms. The van der Waals surface area contributed by atoms with Gasteiger partial charge in [0, 0.05) is 4.47 Å². The fourth-order valence-corrected chi connectivity index (χ4v) is 2.27. The largest absolute Gasteiger partial charge is 0.502 e. The number of nitro benzene ring substituents is 1. The predicted molar refractivity (Wildman–Crippen MR) is 86.9 cm³/mol. The molecule has 0 saturated carbocycles. The molecule has 2 aromatic rings. The Labute approximate surface area is 134 Å². The number of aromatic hydroxyl groups is 1. The lowest BCUT2D eigenvalue weighted by molar-refractivity contribution is -0.386. The third kappa shape index (κ3) is 2.99. The van der Waals surface area contributed by atoms with Crippen LogP contribution in [0.25, 0.3) is 6.08 Å². The normalized spacial score (nSPS) is 10.0. The Morgan fingerprint density at radius 3 is 2.59 bits per heavy atom. The number of hydrogen-bond acceptors (Lipinski definition) is 4. The third-order valence-electron chi connectivity index (χ3n) is 2.95. The number of carbonyl (C=O) groups excluding carboxylic acids is 1. The summed E-state index contributed by atoms with van der Waals surface area (Å²) in [6, 6.07) is 9.57. The summed E-state index contributed by atoms with van der Waals surface area (Å²) in [5.74, 6) is -1.34. The molecule has 0 fully saturated rings. The Balaban J connectivity index is 2.43. The minimum atomic E-state index is -0.748. The van der Waals surface area contributed by atoms with Crippen LogP contribution in [0.15, 0.2) is 47.4 Å². The van der Waals surface area contributed by atoms with Gasteiger partial charge in [0.25, 0.3) is 5.91 Å². The van der Waals surface area contributed by atoms with Crippen molar-refractivity contribution in [1.82, 2.24) is 0 Å². The van der Waals surface area contributed by atoms with Crippen LogP contribution in [0.1, 0.15) is 15.9 Å². The Bertz CT molecular complexity index is 774. The van der Waals surface area contributed by atoms with E-state index >= 15 is 0 Å². The second-order valence-electron chi connectivity index (χ2n) is 4.29. The lowest BCUT2D eigenvalue weighted by atomic mass is 10.1. The molecular formula is C15H11BrN2O4. The van der Waals surface area contributed by atoms with E-state index in [1.807, 2.05) is 0 Å². The van der Waals surface area contributed by atoms with Crippen molar-refractivity contribution < 1.29 is 14.8 Å². The van der Waals surface area contributed by atoms with Crippen LogP contribution in [-0.2, 0) is 0 Å². The zero-order valence-corrected chi connectivity index (χ0v) is 12.8. The Morgan fingerprint density at radius 2 is 2.00 bits per heavy atom. The highest BCUT2D eigenvalue weighted by atomic mass is 79.9. The maximum Gasteiger partial charge on any atom is 0.318 e. The van der Waals surface area contributed by atoms with Crippen LogP contribution in [0.3, 0.4) is 0 Å². The number of carbonyl (C=O) groups is 1. The minimum absolute atomic E-state index is 0.139. The van der Waals surface area contributed by atoms with Gasteiger partial charge < -0.3 is 10.4 Å². The molecule has 0 heterocycles. The summed E-state index contributed by atoms with van der Waals surface area (Å²) < 4.78 is 0.653. The number of anilines is 1. The van der Waals surface area contributed by atoms with Crippen molar-refractivity contribution >= 4 is 39.3 Å². The number of benzene rings is 2. The summed E-state index contributed by atoms with van der Waals surface area (Å²) in [5.41, 5.74) is -0.106.